The maximum absolute atomic E-state index is 5.41. The third-order valence-corrected chi connectivity index (χ3v) is 3.84. The number of aromatic nitrogens is 3. The van der Waals surface area contributed by atoms with E-state index in [2.05, 4.69) is 20.5 Å². The molecule has 3 aromatic rings. The normalized spacial score (nSPS) is 10.3. The van der Waals surface area contributed by atoms with Crippen LogP contribution in [0.5, 0.6) is 11.5 Å². The molecule has 1 aromatic heterocycles. The molecule has 2 aromatic carbocycles. The van der Waals surface area contributed by atoms with Crippen LogP contribution < -0.4 is 19.7 Å². The van der Waals surface area contributed by atoms with Gasteiger partial charge in [0, 0.05) is 18.3 Å². The minimum absolute atomic E-state index is 0.524. The van der Waals surface area contributed by atoms with Crippen LogP contribution in [0.1, 0.15) is 6.92 Å². The van der Waals surface area contributed by atoms with Crippen molar-refractivity contribution in [1.29, 1.82) is 0 Å². The highest BCUT2D eigenvalue weighted by atomic mass is 16.5. The summed E-state index contributed by atoms with van der Waals surface area (Å²) in [5.74, 6) is 2.47. The van der Waals surface area contributed by atoms with Gasteiger partial charge in [-0.3, -0.25) is 0 Å². The Kier molecular flexibility index (Phi) is 5.48. The number of rotatable bonds is 7. The second kappa shape index (κ2) is 8.15. The number of nitrogens with one attached hydrogen (secondary N) is 1. The van der Waals surface area contributed by atoms with Crippen LogP contribution in [-0.4, -0.2) is 35.9 Å². The largest absolute Gasteiger partial charge is 0.497 e. The van der Waals surface area contributed by atoms with Gasteiger partial charge in [-0.25, -0.2) is 0 Å². The van der Waals surface area contributed by atoms with Gasteiger partial charge in [0.15, 0.2) is 5.82 Å². The van der Waals surface area contributed by atoms with Crippen LogP contribution in [0.2, 0.25) is 0 Å². The van der Waals surface area contributed by atoms with Crippen LogP contribution >= 0.6 is 0 Å². The van der Waals surface area contributed by atoms with Crippen molar-refractivity contribution >= 4 is 23.1 Å². The first-order chi connectivity index (χ1) is 12.7. The predicted octanol–water partition coefficient (Wildman–Crippen LogP) is 3.79. The number of anilines is 4. The molecule has 0 unspecified atom stereocenters. The summed E-state index contributed by atoms with van der Waals surface area (Å²) in [6.45, 7) is 2.77. The van der Waals surface area contributed by atoms with E-state index >= 15 is 0 Å². The average molecular weight is 351 g/mol. The maximum atomic E-state index is 5.41. The fourth-order valence-corrected chi connectivity index (χ4v) is 2.56. The van der Waals surface area contributed by atoms with Crippen LogP contribution in [0.15, 0.2) is 54.7 Å². The molecule has 7 heteroatoms. The highest BCUT2D eigenvalue weighted by molar-refractivity contribution is 5.66. The van der Waals surface area contributed by atoms with Crippen LogP contribution in [0, 0.1) is 0 Å². The molecule has 0 saturated heterocycles. The molecule has 0 radical (unpaired) electrons. The third kappa shape index (κ3) is 3.83. The predicted molar refractivity (Wildman–Crippen MR) is 102 cm³/mol. The standard InChI is InChI=1S/C19H21N5O2/c1-4-24(14-8-6-5-7-9-14)19-22-18(13-20-23-19)21-16-11-10-15(25-2)12-17(16)26-3/h5-13H,4H2,1-3H3,(H,21,22,23). The fraction of sp³-hybridized carbons (Fsp3) is 0.211. The molecule has 3 rings (SSSR count). The van der Waals surface area contributed by atoms with E-state index in [1.54, 1.807) is 26.5 Å². The van der Waals surface area contributed by atoms with Crippen LogP contribution in [0.4, 0.5) is 23.1 Å². The van der Waals surface area contributed by atoms with Gasteiger partial charge in [-0.05, 0) is 31.2 Å². The summed E-state index contributed by atoms with van der Waals surface area (Å²) in [7, 11) is 3.23. The van der Waals surface area contributed by atoms with E-state index in [4.69, 9.17) is 9.47 Å². The number of para-hydroxylation sites is 1. The first kappa shape index (κ1) is 17.5. The summed E-state index contributed by atoms with van der Waals surface area (Å²) in [4.78, 5) is 6.58. The summed E-state index contributed by atoms with van der Waals surface area (Å²) >= 11 is 0. The Morgan fingerprint density at radius 3 is 2.54 bits per heavy atom. The lowest BCUT2D eigenvalue weighted by Gasteiger charge is -2.20. The van der Waals surface area contributed by atoms with Crippen molar-refractivity contribution in [2.45, 2.75) is 6.92 Å². The van der Waals surface area contributed by atoms with E-state index in [0.29, 0.717) is 17.5 Å². The van der Waals surface area contributed by atoms with Crippen molar-refractivity contribution in [2.75, 3.05) is 31.0 Å². The molecule has 0 spiro atoms. The number of methoxy groups -OCH3 is 2. The zero-order chi connectivity index (χ0) is 18.4. The van der Waals surface area contributed by atoms with Crippen LogP contribution in [0.25, 0.3) is 0 Å². The second-order valence-corrected chi connectivity index (χ2v) is 5.41. The first-order valence-electron chi connectivity index (χ1n) is 8.26. The minimum Gasteiger partial charge on any atom is -0.497 e. The molecule has 0 aliphatic carbocycles. The van der Waals surface area contributed by atoms with Crippen molar-refractivity contribution in [2.24, 2.45) is 0 Å². The number of hydrogen-bond acceptors (Lipinski definition) is 7. The van der Waals surface area contributed by atoms with E-state index in [1.165, 1.54) is 0 Å². The topological polar surface area (TPSA) is 72.4 Å². The number of nitrogens with zero attached hydrogens (tertiary/aromatic N) is 4. The lowest BCUT2D eigenvalue weighted by atomic mass is 10.2. The minimum atomic E-state index is 0.524. The van der Waals surface area contributed by atoms with E-state index in [9.17, 15) is 0 Å². The van der Waals surface area contributed by atoms with Crippen molar-refractivity contribution in [3.05, 3.63) is 54.7 Å². The maximum Gasteiger partial charge on any atom is 0.251 e. The Labute approximate surface area is 152 Å². The summed E-state index contributed by atoms with van der Waals surface area (Å²) in [5.41, 5.74) is 1.78. The lowest BCUT2D eigenvalue weighted by Crippen LogP contribution is -2.19. The quantitative estimate of drug-likeness (QED) is 0.694. The van der Waals surface area contributed by atoms with Gasteiger partial charge >= 0.3 is 0 Å². The molecule has 0 aliphatic rings. The number of ether oxygens (including phenoxy) is 2. The SMILES string of the molecule is CCN(c1ccccc1)c1nncc(Nc2ccc(OC)cc2OC)n1. The van der Waals surface area contributed by atoms with Gasteiger partial charge < -0.3 is 19.7 Å². The molecule has 7 nitrogen and oxygen atoms in total. The monoisotopic (exact) mass is 351 g/mol. The van der Waals surface area contributed by atoms with E-state index in [1.807, 2.05) is 54.3 Å². The Hall–Kier alpha value is -3.35. The van der Waals surface area contributed by atoms with Crippen molar-refractivity contribution in [3.8, 4) is 11.5 Å². The van der Waals surface area contributed by atoms with Gasteiger partial charge in [-0.15, -0.1) is 5.10 Å². The molecule has 0 atom stereocenters. The molecule has 0 aliphatic heterocycles. The van der Waals surface area contributed by atoms with Crippen molar-refractivity contribution in [3.63, 3.8) is 0 Å². The highest BCUT2D eigenvalue weighted by Gasteiger charge is 2.12. The smallest absolute Gasteiger partial charge is 0.251 e. The molecule has 1 heterocycles. The number of benzene rings is 2. The zero-order valence-electron chi connectivity index (χ0n) is 15.0. The Morgan fingerprint density at radius 1 is 1.04 bits per heavy atom. The van der Waals surface area contributed by atoms with Gasteiger partial charge in [-0.1, -0.05) is 18.2 Å². The molecule has 134 valence electrons. The van der Waals surface area contributed by atoms with Crippen molar-refractivity contribution < 1.29 is 9.47 Å². The molecule has 0 saturated carbocycles. The van der Waals surface area contributed by atoms with Gasteiger partial charge in [0.1, 0.15) is 11.5 Å². The Morgan fingerprint density at radius 2 is 1.85 bits per heavy atom. The molecule has 0 fully saturated rings. The van der Waals surface area contributed by atoms with Gasteiger partial charge in [0.2, 0.25) is 0 Å². The molecular weight excluding hydrogens is 330 g/mol. The summed E-state index contributed by atoms with van der Waals surface area (Å²) in [6.07, 6.45) is 1.58. The first-order valence-corrected chi connectivity index (χ1v) is 8.26. The highest BCUT2D eigenvalue weighted by Crippen LogP contribution is 2.31. The number of hydrogen-bond donors (Lipinski definition) is 1. The summed E-state index contributed by atoms with van der Waals surface area (Å²) in [6, 6.07) is 15.5. The molecule has 0 bridgehead atoms. The lowest BCUT2D eigenvalue weighted by molar-refractivity contribution is 0.395. The molecule has 26 heavy (non-hydrogen) atoms. The van der Waals surface area contributed by atoms with Crippen LogP contribution in [0.3, 0.4) is 0 Å². The second-order valence-electron chi connectivity index (χ2n) is 5.41. The Balaban J connectivity index is 1.88. The molecule has 0 amide bonds. The van der Waals surface area contributed by atoms with E-state index in [-0.39, 0.29) is 0 Å². The Bertz CT molecular complexity index is 858. The van der Waals surface area contributed by atoms with Gasteiger partial charge in [-0.2, -0.15) is 10.1 Å². The fourth-order valence-electron chi connectivity index (χ4n) is 2.56. The summed E-state index contributed by atoms with van der Waals surface area (Å²) < 4.78 is 10.6. The average Bonchev–Trinajstić information content (AvgIpc) is 2.70. The van der Waals surface area contributed by atoms with E-state index in [0.717, 1.165) is 23.7 Å². The summed E-state index contributed by atoms with van der Waals surface area (Å²) in [5, 5.41) is 11.5. The van der Waals surface area contributed by atoms with E-state index < -0.39 is 0 Å². The zero-order valence-corrected chi connectivity index (χ0v) is 15.0. The molecular formula is C19H21N5O2. The van der Waals surface area contributed by atoms with Gasteiger partial charge in [0.05, 0.1) is 26.1 Å². The third-order valence-electron chi connectivity index (χ3n) is 3.84. The molecule has 1 N–H and O–H groups in total. The van der Waals surface area contributed by atoms with Gasteiger partial charge in [0.25, 0.3) is 5.95 Å². The van der Waals surface area contributed by atoms with Crippen LogP contribution in [-0.2, 0) is 0 Å². The van der Waals surface area contributed by atoms with Crippen molar-refractivity contribution in [1.82, 2.24) is 15.2 Å².